The van der Waals surface area contributed by atoms with Crippen LogP contribution in [0, 0.1) is 0 Å². The second-order valence-corrected chi connectivity index (χ2v) is 10.9. The number of ether oxygens (including phenoxy) is 1. The predicted octanol–water partition coefficient (Wildman–Crippen LogP) is 4.12. The molecule has 180 valence electrons. The Morgan fingerprint density at radius 3 is 2.56 bits per heavy atom. The lowest BCUT2D eigenvalue weighted by Gasteiger charge is -2.32. The maximum atomic E-state index is 12.7. The van der Waals surface area contributed by atoms with Gasteiger partial charge in [-0.15, -0.1) is 11.3 Å². The molecule has 2 N–H and O–H groups in total. The first kappa shape index (κ1) is 24.3. The largest absolute Gasteiger partial charge is 0.494 e. The van der Waals surface area contributed by atoms with Crippen LogP contribution in [0.25, 0.3) is 0 Å². The number of amides is 1. The van der Waals surface area contributed by atoms with Crippen LogP contribution >= 0.6 is 11.3 Å². The molecule has 1 aliphatic rings. The van der Waals surface area contributed by atoms with Crippen LogP contribution in [0.3, 0.4) is 0 Å². The summed E-state index contributed by atoms with van der Waals surface area (Å²) in [6.45, 7) is 6.95. The van der Waals surface area contributed by atoms with Crippen LogP contribution in [0.4, 0.5) is 5.69 Å². The predicted molar refractivity (Wildman–Crippen MR) is 135 cm³/mol. The highest BCUT2D eigenvalue weighted by atomic mass is 32.2. The molecule has 0 saturated carbocycles. The number of sulfonamides is 1. The molecule has 7 nitrogen and oxygen atoms in total. The van der Waals surface area contributed by atoms with E-state index in [2.05, 4.69) is 33.3 Å². The number of anilines is 1. The first-order valence-corrected chi connectivity index (χ1v) is 13.6. The molecule has 0 aliphatic carbocycles. The van der Waals surface area contributed by atoms with Crippen molar-refractivity contribution in [2.45, 2.75) is 37.8 Å². The molecule has 0 spiro atoms. The van der Waals surface area contributed by atoms with Crippen molar-refractivity contribution < 1.29 is 17.9 Å². The molecule has 9 heteroatoms. The van der Waals surface area contributed by atoms with Gasteiger partial charge >= 0.3 is 0 Å². The number of hydrogen-bond donors (Lipinski definition) is 2. The van der Waals surface area contributed by atoms with E-state index >= 15 is 0 Å². The maximum absolute atomic E-state index is 12.7. The van der Waals surface area contributed by atoms with Crippen molar-refractivity contribution in [3.63, 3.8) is 0 Å². The van der Waals surface area contributed by atoms with Gasteiger partial charge in [0.1, 0.15) is 5.75 Å². The third kappa shape index (κ3) is 5.78. The average Bonchev–Trinajstić information content (AvgIpc) is 3.31. The van der Waals surface area contributed by atoms with Crippen molar-refractivity contribution in [2.75, 3.05) is 24.4 Å². The van der Waals surface area contributed by atoms with Gasteiger partial charge in [0, 0.05) is 41.8 Å². The fourth-order valence-corrected chi connectivity index (χ4v) is 5.85. The summed E-state index contributed by atoms with van der Waals surface area (Å²) in [7, 11) is -3.77. The van der Waals surface area contributed by atoms with Gasteiger partial charge in [0.15, 0.2) is 0 Å². The van der Waals surface area contributed by atoms with E-state index in [9.17, 15) is 13.2 Å². The normalized spacial score (nSPS) is 14.8. The second kappa shape index (κ2) is 10.6. The second-order valence-electron chi connectivity index (χ2n) is 8.24. The molecule has 1 atom stereocenters. The molecule has 2 aromatic carbocycles. The highest BCUT2D eigenvalue weighted by Gasteiger charge is 2.22. The quantitative estimate of drug-likeness (QED) is 0.462. The standard InChI is InChI=1S/C25H29N3O4S2/c1-3-32-22-8-6-21(7-9-22)27-34(30,31)23-10-4-19(5-11-23)25(29)26-16-18(2)28-14-12-24-20(17-28)13-15-33-24/h4-11,13,15,18,27H,3,12,14,16-17H2,1-2H3,(H,26,29). The lowest BCUT2D eigenvalue weighted by atomic mass is 10.1. The number of carbonyl (C=O) groups excluding carboxylic acids is 1. The molecule has 1 amide bonds. The van der Waals surface area contributed by atoms with Crippen molar-refractivity contribution in [2.24, 2.45) is 0 Å². The maximum Gasteiger partial charge on any atom is 0.261 e. The first-order chi connectivity index (χ1) is 16.4. The van der Waals surface area contributed by atoms with Gasteiger partial charge in [-0.25, -0.2) is 8.42 Å². The van der Waals surface area contributed by atoms with E-state index in [1.165, 1.54) is 34.7 Å². The molecular formula is C25H29N3O4S2. The Bertz CT molecular complexity index is 1220. The smallest absolute Gasteiger partial charge is 0.261 e. The zero-order chi connectivity index (χ0) is 24.1. The SMILES string of the molecule is CCOc1ccc(NS(=O)(=O)c2ccc(C(=O)NCC(C)N3CCc4sccc4C3)cc2)cc1. The van der Waals surface area contributed by atoms with Gasteiger partial charge in [-0.05, 0) is 85.8 Å². The summed E-state index contributed by atoms with van der Waals surface area (Å²) in [5.41, 5.74) is 2.24. The van der Waals surface area contributed by atoms with E-state index in [4.69, 9.17) is 4.74 Å². The number of nitrogens with one attached hydrogen (secondary N) is 2. The van der Waals surface area contributed by atoms with Gasteiger partial charge in [0.25, 0.3) is 15.9 Å². The summed E-state index contributed by atoms with van der Waals surface area (Å²) in [4.78, 5) is 16.5. The number of fused-ring (bicyclic) bond motifs is 1. The molecule has 34 heavy (non-hydrogen) atoms. The Morgan fingerprint density at radius 2 is 1.85 bits per heavy atom. The van der Waals surface area contributed by atoms with Crippen molar-refractivity contribution in [3.05, 3.63) is 76.0 Å². The summed E-state index contributed by atoms with van der Waals surface area (Å²) in [6, 6.07) is 15.0. The number of hydrogen-bond acceptors (Lipinski definition) is 6. The molecular weight excluding hydrogens is 470 g/mol. The van der Waals surface area contributed by atoms with Crippen LogP contribution in [-0.4, -0.2) is 45.0 Å². The lowest BCUT2D eigenvalue weighted by Crippen LogP contribution is -2.44. The summed E-state index contributed by atoms with van der Waals surface area (Å²) in [5, 5.41) is 5.11. The van der Waals surface area contributed by atoms with E-state index in [1.54, 1.807) is 24.3 Å². The van der Waals surface area contributed by atoms with E-state index in [0.29, 0.717) is 30.2 Å². The number of benzene rings is 2. The molecule has 0 radical (unpaired) electrons. The van der Waals surface area contributed by atoms with Gasteiger partial charge in [-0.1, -0.05) is 0 Å². The number of nitrogens with zero attached hydrogens (tertiary/aromatic N) is 1. The Labute approximate surface area is 204 Å². The van der Waals surface area contributed by atoms with Crippen LogP contribution < -0.4 is 14.8 Å². The third-order valence-electron chi connectivity index (χ3n) is 5.86. The highest BCUT2D eigenvalue weighted by molar-refractivity contribution is 7.92. The van der Waals surface area contributed by atoms with Crippen LogP contribution in [-0.2, 0) is 23.0 Å². The average molecular weight is 500 g/mol. The van der Waals surface area contributed by atoms with Crippen LogP contribution in [0.5, 0.6) is 5.75 Å². The minimum atomic E-state index is -3.77. The summed E-state index contributed by atoms with van der Waals surface area (Å²) in [6.07, 6.45) is 1.05. The van der Waals surface area contributed by atoms with Crippen LogP contribution in [0.2, 0.25) is 0 Å². The van der Waals surface area contributed by atoms with Crippen molar-refractivity contribution in [3.8, 4) is 5.75 Å². The summed E-state index contributed by atoms with van der Waals surface area (Å²) in [5.74, 6) is 0.454. The number of carbonyl (C=O) groups is 1. The zero-order valence-electron chi connectivity index (χ0n) is 19.3. The van der Waals surface area contributed by atoms with Gasteiger partial charge in [0.05, 0.1) is 11.5 Å². The summed E-state index contributed by atoms with van der Waals surface area (Å²) < 4.78 is 33.3. The Kier molecular flexibility index (Phi) is 7.55. The number of thiophene rings is 1. The third-order valence-corrected chi connectivity index (χ3v) is 8.28. The first-order valence-electron chi connectivity index (χ1n) is 11.3. The Hall–Kier alpha value is -2.88. The van der Waals surface area contributed by atoms with E-state index in [0.717, 1.165) is 19.5 Å². The van der Waals surface area contributed by atoms with Crippen molar-refractivity contribution in [1.82, 2.24) is 10.2 Å². The fraction of sp³-hybridized carbons (Fsp3) is 0.320. The van der Waals surface area contributed by atoms with Crippen LogP contribution in [0.1, 0.15) is 34.6 Å². The van der Waals surface area contributed by atoms with Gasteiger partial charge in [-0.3, -0.25) is 14.4 Å². The molecule has 2 heterocycles. The molecule has 1 unspecified atom stereocenters. The van der Waals surface area contributed by atoms with Gasteiger partial charge < -0.3 is 10.1 Å². The number of rotatable bonds is 9. The Morgan fingerprint density at radius 1 is 1.12 bits per heavy atom. The molecule has 1 aromatic heterocycles. The minimum Gasteiger partial charge on any atom is -0.494 e. The molecule has 0 saturated heterocycles. The molecule has 1 aliphatic heterocycles. The van der Waals surface area contributed by atoms with Gasteiger partial charge in [0.2, 0.25) is 0 Å². The fourth-order valence-electron chi connectivity index (χ4n) is 3.90. The van der Waals surface area contributed by atoms with E-state index < -0.39 is 10.0 Å². The molecule has 0 fully saturated rings. The molecule has 4 rings (SSSR count). The highest BCUT2D eigenvalue weighted by Crippen LogP contribution is 2.25. The zero-order valence-corrected chi connectivity index (χ0v) is 20.9. The van der Waals surface area contributed by atoms with Crippen molar-refractivity contribution in [1.29, 1.82) is 0 Å². The molecule has 0 bridgehead atoms. The minimum absolute atomic E-state index is 0.0891. The lowest BCUT2D eigenvalue weighted by molar-refractivity contribution is 0.0932. The monoisotopic (exact) mass is 499 g/mol. The van der Waals surface area contributed by atoms with E-state index in [1.807, 2.05) is 18.3 Å². The topological polar surface area (TPSA) is 87.7 Å². The summed E-state index contributed by atoms with van der Waals surface area (Å²) >= 11 is 1.81. The van der Waals surface area contributed by atoms with Gasteiger partial charge in [-0.2, -0.15) is 0 Å². The molecule has 3 aromatic rings. The van der Waals surface area contributed by atoms with E-state index in [-0.39, 0.29) is 16.8 Å². The Balaban J connectivity index is 1.32. The van der Waals surface area contributed by atoms with Crippen LogP contribution in [0.15, 0.2) is 64.9 Å². The van der Waals surface area contributed by atoms with Crippen molar-refractivity contribution >= 4 is 33.0 Å².